The highest BCUT2D eigenvalue weighted by molar-refractivity contribution is 7.93. The molecule has 7 heteroatoms. The second-order valence-corrected chi connectivity index (χ2v) is 7.86. The lowest BCUT2D eigenvalue weighted by molar-refractivity contribution is 0.601. The van der Waals surface area contributed by atoms with Crippen LogP contribution in [0.1, 0.15) is 11.1 Å². The number of anilines is 1. The Kier molecular flexibility index (Phi) is 4.14. The van der Waals surface area contributed by atoms with Gasteiger partial charge in [-0.1, -0.05) is 58.9 Å². The molecule has 1 aromatic heterocycles. The largest absolute Gasteiger partial charge is 0.263 e. The van der Waals surface area contributed by atoms with Crippen molar-refractivity contribution in [2.24, 2.45) is 0 Å². The SMILES string of the molecule is Cc1ccc(-c2nnc(NS(=O)(=O)c3ccc(C)cc3)s2)cc1. The summed E-state index contributed by atoms with van der Waals surface area (Å²) in [5.41, 5.74) is 3.06. The predicted molar refractivity (Wildman–Crippen MR) is 92.1 cm³/mol. The van der Waals surface area contributed by atoms with Gasteiger partial charge in [0.05, 0.1) is 4.90 Å². The first kappa shape index (κ1) is 15.6. The van der Waals surface area contributed by atoms with Crippen LogP contribution in [0.2, 0.25) is 0 Å². The molecule has 1 heterocycles. The third-order valence-corrected chi connectivity index (χ3v) is 5.65. The Morgan fingerprint density at radius 1 is 0.870 bits per heavy atom. The van der Waals surface area contributed by atoms with E-state index >= 15 is 0 Å². The molecule has 5 nitrogen and oxygen atoms in total. The van der Waals surface area contributed by atoms with Gasteiger partial charge in [0.1, 0.15) is 5.01 Å². The van der Waals surface area contributed by atoms with Gasteiger partial charge in [0.15, 0.2) is 0 Å². The van der Waals surface area contributed by atoms with Crippen molar-refractivity contribution in [2.45, 2.75) is 18.7 Å². The van der Waals surface area contributed by atoms with Gasteiger partial charge in [0.2, 0.25) is 5.13 Å². The van der Waals surface area contributed by atoms with Crippen LogP contribution in [0.4, 0.5) is 5.13 Å². The molecule has 0 amide bonds. The summed E-state index contributed by atoms with van der Waals surface area (Å²) in [6, 6.07) is 14.5. The zero-order valence-electron chi connectivity index (χ0n) is 12.6. The molecule has 1 N–H and O–H groups in total. The van der Waals surface area contributed by atoms with Gasteiger partial charge >= 0.3 is 0 Å². The summed E-state index contributed by atoms with van der Waals surface area (Å²) in [6.07, 6.45) is 0. The first-order valence-electron chi connectivity index (χ1n) is 6.94. The van der Waals surface area contributed by atoms with Gasteiger partial charge in [0.25, 0.3) is 10.0 Å². The molecule has 3 aromatic rings. The molecular weight excluding hydrogens is 330 g/mol. The number of aromatic nitrogens is 2. The van der Waals surface area contributed by atoms with Crippen LogP contribution in [0.3, 0.4) is 0 Å². The maximum atomic E-state index is 12.3. The van der Waals surface area contributed by atoms with E-state index in [-0.39, 0.29) is 10.0 Å². The molecule has 0 aliphatic heterocycles. The Hall–Kier alpha value is -2.25. The standard InChI is InChI=1S/C16H15N3O2S2/c1-11-3-7-13(8-4-11)15-17-18-16(22-15)19-23(20,21)14-9-5-12(2)6-10-14/h3-10H,1-2H3,(H,18,19). The van der Waals surface area contributed by atoms with Crippen LogP contribution in [0.15, 0.2) is 53.4 Å². The Morgan fingerprint density at radius 3 is 2.04 bits per heavy atom. The van der Waals surface area contributed by atoms with Crippen LogP contribution >= 0.6 is 11.3 Å². The normalized spacial score (nSPS) is 11.4. The molecule has 0 radical (unpaired) electrons. The van der Waals surface area contributed by atoms with Crippen molar-refractivity contribution in [2.75, 3.05) is 4.72 Å². The second-order valence-electron chi connectivity index (χ2n) is 5.20. The summed E-state index contributed by atoms with van der Waals surface area (Å²) in [7, 11) is -3.65. The van der Waals surface area contributed by atoms with Crippen molar-refractivity contribution in [3.05, 3.63) is 59.7 Å². The van der Waals surface area contributed by atoms with Crippen LogP contribution in [0, 0.1) is 13.8 Å². The van der Waals surface area contributed by atoms with E-state index in [4.69, 9.17) is 0 Å². The number of hydrogen-bond acceptors (Lipinski definition) is 5. The molecule has 118 valence electrons. The molecule has 0 aliphatic rings. The Balaban J connectivity index is 1.83. The van der Waals surface area contributed by atoms with Crippen molar-refractivity contribution >= 4 is 26.5 Å². The molecule has 0 atom stereocenters. The fraction of sp³-hybridized carbons (Fsp3) is 0.125. The number of aryl methyl sites for hydroxylation is 2. The van der Waals surface area contributed by atoms with Crippen molar-refractivity contribution < 1.29 is 8.42 Å². The first-order chi connectivity index (χ1) is 10.9. The highest BCUT2D eigenvalue weighted by Crippen LogP contribution is 2.28. The second kappa shape index (κ2) is 6.10. The van der Waals surface area contributed by atoms with E-state index in [0.717, 1.165) is 16.7 Å². The van der Waals surface area contributed by atoms with Crippen molar-refractivity contribution in [1.82, 2.24) is 10.2 Å². The molecular formula is C16H15N3O2S2. The molecule has 3 rings (SSSR count). The average molecular weight is 345 g/mol. The van der Waals surface area contributed by atoms with Gasteiger partial charge in [0, 0.05) is 5.56 Å². The zero-order chi connectivity index (χ0) is 16.4. The van der Waals surface area contributed by atoms with Crippen molar-refractivity contribution in [1.29, 1.82) is 0 Å². The van der Waals surface area contributed by atoms with E-state index in [2.05, 4.69) is 14.9 Å². The number of benzene rings is 2. The molecule has 0 aliphatic carbocycles. The Labute approximate surface area is 139 Å². The molecule has 0 spiro atoms. The zero-order valence-corrected chi connectivity index (χ0v) is 14.3. The van der Waals surface area contributed by atoms with Gasteiger partial charge in [-0.25, -0.2) is 8.42 Å². The minimum atomic E-state index is -3.65. The summed E-state index contributed by atoms with van der Waals surface area (Å²) < 4.78 is 27.1. The van der Waals surface area contributed by atoms with Crippen molar-refractivity contribution in [3.63, 3.8) is 0 Å². The molecule has 0 saturated carbocycles. The molecule has 2 aromatic carbocycles. The summed E-state index contributed by atoms with van der Waals surface area (Å²) in [6.45, 7) is 3.91. The van der Waals surface area contributed by atoms with Gasteiger partial charge in [-0.2, -0.15) is 0 Å². The maximum Gasteiger partial charge on any atom is 0.263 e. The highest BCUT2D eigenvalue weighted by Gasteiger charge is 2.17. The smallest absolute Gasteiger partial charge is 0.253 e. The summed E-state index contributed by atoms with van der Waals surface area (Å²) in [4.78, 5) is 0.204. The molecule has 0 fully saturated rings. The summed E-state index contributed by atoms with van der Waals surface area (Å²) in [5.74, 6) is 0. The summed E-state index contributed by atoms with van der Waals surface area (Å²) >= 11 is 1.20. The Morgan fingerprint density at radius 2 is 1.43 bits per heavy atom. The van der Waals surface area contributed by atoms with E-state index < -0.39 is 10.0 Å². The fourth-order valence-corrected chi connectivity index (χ4v) is 3.95. The van der Waals surface area contributed by atoms with E-state index in [1.165, 1.54) is 11.3 Å². The van der Waals surface area contributed by atoms with Crippen molar-refractivity contribution in [3.8, 4) is 10.6 Å². The number of sulfonamides is 1. The molecule has 0 bridgehead atoms. The van der Waals surface area contributed by atoms with E-state index in [0.29, 0.717) is 5.01 Å². The minimum Gasteiger partial charge on any atom is -0.253 e. The van der Waals surface area contributed by atoms with Crippen LogP contribution in [-0.4, -0.2) is 18.6 Å². The third-order valence-electron chi connectivity index (χ3n) is 3.28. The summed E-state index contributed by atoms with van der Waals surface area (Å²) in [5, 5.41) is 8.89. The fourth-order valence-electron chi connectivity index (χ4n) is 1.97. The van der Waals surface area contributed by atoms with Crippen LogP contribution in [0.25, 0.3) is 10.6 Å². The van der Waals surface area contributed by atoms with Gasteiger partial charge in [-0.15, -0.1) is 10.2 Å². The number of nitrogens with zero attached hydrogens (tertiary/aromatic N) is 2. The number of hydrogen-bond donors (Lipinski definition) is 1. The molecule has 0 unspecified atom stereocenters. The van der Waals surface area contributed by atoms with Crippen LogP contribution in [0.5, 0.6) is 0 Å². The van der Waals surface area contributed by atoms with E-state index in [9.17, 15) is 8.42 Å². The minimum absolute atomic E-state index is 0.204. The lowest BCUT2D eigenvalue weighted by Gasteiger charge is -2.04. The molecule has 0 saturated heterocycles. The lowest BCUT2D eigenvalue weighted by atomic mass is 10.2. The third kappa shape index (κ3) is 3.57. The maximum absolute atomic E-state index is 12.3. The van der Waals surface area contributed by atoms with Gasteiger partial charge < -0.3 is 0 Å². The van der Waals surface area contributed by atoms with Crippen LogP contribution in [-0.2, 0) is 10.0 Å². The van der Waals surface area contributed by atoms with E-state index in [1.54, 1.807) is 24.3 Å². The average Bonchev–Trinajstić information content (AvgIpc) is 2.96. The first-order valence-corrected chi connectivity index (χ1v) is 9.24. The Bertz CT molecular complexity index is 915. The van der Waals surface area contributed by atoms with Gasteiger partial charge in [-0.05, 0) is 26.0 Å². The topological polar surface area (TPSA) is 72.0 Å². The predicted octanol–water partition coefficient (Wildman–Crippen LogP) is 3.62. The van der Waals surface area contributed by atoms with Gasteiger partial charge in [-0.3, -0.25) is 4.72 Å². The number of rotatable bonds is 4. The lowest BCUT2D eigenvalue weighted by Crippen LogP contribution is -2.12. The number of nitrogens with one attached hydrogen (secondary N) is 1. The molecule has 23 heavy (non-hydrogen) atoms. The quantitative estimate of drug-likeness (QED) is 0.784. The van der Waals surface area contributed by atoms with Crippen LogP contribution < -0.4 is 4.72 Å². The van der Waals surface area contributed by atoms with E-state index in [1.807, 2.05) is 38.1 Å². The monoisotopic (exact) mass is 345 g/mol. The highest BCUT2D eigenvalue weighted by atomic mass is 32.2.